The molecule has 0 unspecified atom stereocenters. The average molecular weight is 375 g/mol. The number of rotatable bonds is 6. The molecule has 0 saturated carbocycles. The van der Waals surface area contributed by atoms with Crippen LogP contribution in [-0.2, 0) is 24.9 Å². The Morgan fingerprint density at radius 3 is 2.73 bits per heavy atom. The molecule has 0 aliphatic rings. The lowest BCUT2D eigenvalue weighted by atomic mass is 10.2. The molecule has 0 fully saturated rings. The van der Waals surface area contributed by atoms with Crippen LogP contribution in [0, 0.1) is 6.92 Å². The van der Waals surface area contributed by atoms with Crippen LogP contribution in [0.1, 0.15) is 26.6 Å². The highest BCUT2D eigenvalue weighted by Crippen LogP contribution is 2.35. The summed E-state index contributed by atoms with van der Waals surface area (Å²) in [5.41, 5.74) is 1.80. The summed E-state index contributed by atoms with van der Waals surface area (Å²) < 4.78 is 12.2. The van der Waals surface area contributed by atoms with Gasteiger partial charge in [0.1, 0.15) is 11.4 Å². The van der Waals surface area contributed by atoms with Gasteiger partial charge in [0.2, 0.25) is 5.88 Å². The lowest BCUT2D eigenvalue weighted by Gasteiger charge is -2.15. The third kappa shape index (κ3) is 3.40. The number of fused-ring (bicyclic) bond motifs is 1. The van der Waals surface area contributed by atoms with Crippen LogP contribution < -0.4 is 4.74 Å². The molecule has 0 spiro atoms. The number of thiophene rings is 1. The molecule has 0 aromatic carbocycles. The van der Waals surface area contributed by atoms with E-state index in [9.17, 15) is 4.79 Å². The summed E-state index contributed by atoms with van der Waals surface area (Å²) in [5, 5.41) is 4.91. The third-order valence-corrected chi connectivity index (χ3v) is 5.16. The van der Waals surface area contributed by atoms with Crippen molar-refractivity contribution in [3.63, 3.8) is 0 Å². The minimum absolute atomic E-state index is 0.0651. The first-order valence-electron chi connectivity index (χ1n) is 8.00. The highest BCUT2D eigenvalue weighted by molar-refractivity contribution is 7.20. The Kier molecular flexibility index (Phi) is 5.19. The van der Waals surface area contributed by atoms with Crippen LogP contribution in [-0.4, -0.2) is 51.8 Å². The van der Waals surface area contributed by atoms with Gasteiger partial charge in [0.15, 0.2) is 5.82 Å². The zero-order valence-electron chi connectivity index (χ0n) is 15.4. The summed E-state index contributed by atoms with van der Waals surface area (Å²) in [4.78, 5) is 24.9. The van der Waals surface area contributed by atoms with E-state index in [0.717, 1.165) is 21.3 Å². The van der Waals surface area contributed by atoms with Crippen molar-refractivity contribution >= 4 is 27.5 Å². The van der Waals surface area contributed by atoms with Gasteiger partial charge in [0.25, 0.3) is 5.91 Å². The molecule has 0 radical (unpaired) electrons. The Bertz CT molecular complexity index is 949. The fraction of sp³-hybridized carbons (Fsp3) is 0.412. The largest absolute Gasteiger partial charge is 0.480 e. The lowest BCUT2D eigenvalue weighted by Crippen LogP contribution is -2.25. The number of hydrogen-bond acceptors (Lipinski definition) is 7. The van der Waals surface area contributed by atoms with E-state index in [1.54, 1.807) is 37.0 Å². The Morgan fingerprint density at radius 2 is 2.12 bits per heavy atom. The van der Waals surface area contributed by atoms with E-state index in [1.165, 1.54) is 11.3 Å². The first-order chi connectivity index (χ1) is 12.4. The number of methoxy groups -OCH3 is 2. The summed E-state index contributed by atoms with van der Waals surface area (Å²) in [6.07, 6.45) is 3.65. The minimum Gasteiger partial charge on any atom is -0.480 e. The van der Waals surface area contributed by atoms with Gasteiger partial charge in [-0.3, -0.25) is 9.48 Å². The summed E-state index contributed by atoms with van der Waals surface area (Å²) >= 11 is 1.35. The van der Waals surface area contributed by atoms with Crippen molar-refractivity contribution in [1.82, 2.24) is 24.6 Å². The maximum atomic E-state index is 13.0. The lowest BCUT2D eigenvalue weighted by molar-refractivity contribution is 0.0789. The van der Waals surface area contributed by atoms with E-state index in [2.05, 4.69) is 15.1 Å². The van der Waals surface area contributed by atoms with Crippen molar-refractivity contribution < 1.29 is 14.3 Å². The number of hydrogen-bond donors (Lipinski definition) is 0. The van der Waals surface area contributed by atoms with Crippen molar-refractivity contribution in [1.29, 1.82) is 0 Å². The van der Waals surface area contributed by atoms with Gasteiger partial charge < -0.3 is 14.4 Å². The summed E-state index contributed by atoms with van der Waals surface area (Å²) in [5.74, 6) is 0.926. The van der Waals surface area contributed by atoms with Crippen LogP contribution in [0.5, 0.6) is 5.88 Å². The van der Waals surface area contributed by atoms with Crippen molar-refractivity contribution in [3.05, 3.63) is 34.2 Å². The average Bonchev–Trinajstić information content (AvgIpc) is 3.17. The molecule has 0 bridgehead atoms. The molecule has 3 heterocycles. The molecule has 3 rings (SSSR count). The SMILES string of the molecule is COCc1nc(OC)c2c(C)c(C(=O)N(C)Cc3cnn(C)c3)sc2n1. The van der Waals surface area contributed by atoms with Gasteiger partial charge in [0, 0.05) is 39.5 Å². The maximum Gasteiger partial charge on any atom is 0.264 e. The highest BCUT2D eigenvalue weighted by atomic mass is 32.1. The van der Waals surface area contributed by atoms with Gasteiger partial charge in [-0.05, 0) is 12.5 Å². The van der Waals surface area contributed by atoms with Crippen LogP contribution in [0.3, 0.4) is 0 Å². The minimum atomic E-state index is -0.0651. The Morgan fingerprint density at radius 1 is 1.35 bits per heavy atom. The molecule has 0 N–H and O–H groups in total. The normalized spacial score (nSPS) is 11.1. The van der Waals surface area contributed by atoms with Gasteiger partial charge in [0.05, 0.1) is 23.6 Å². The second-order valence-corrected chi connectivity index (χ2v) is 7.00. The number of ether oxygens (including phenoxy) is 2. The highest BCUT2D eigenvalue weighted by Gasteiger charge is 2.23. The number of carbonyl (C=O) groups excluding carboxylic acids is 1. The van der Waals surface area contributed by atoms with Crippen LogP contribution in [0.25, 0.3) is 10.2 Å². The van der Waals surface area contributed by atoms with E-state index in [-0.39, 0.29) is 12.5 Å². The number of amides is 1. The van der Waals surface area contributed by atoms with Crippen molar-refractivity contribution in [2.24, 2.45) is 7.05 Å². The molecule has 0 aliphatic carbocycles. The molecule has 3 aromatic rings. The molecular weight excluding hydrogens is 354 g/mol. The predicted octanol–water partition coefficient (Wildman–Crippen LogP) is 2.16. The molecule has 0 aliphatic heterocycles. The third-order valence-electron chi connectivity index (χ3n) is 3.99. The Hall–Kier alpha value is -2.52. The summed E-state index contributed by atoms with van der Waals surface area (Å²) in [6.45, 7) is 2.66. The predicted molar refractivity (Wildman–Crippen MR) is 98.4 cm³/mol. The van der Waals surface area contributed by atoms with E-state index in [1.807, 2.05) is 20.2 Å². The zero-order valence-corrected chi connectivity index (χ0v) is 16.3. The molecule has 1 amide bonds. The monoisotopic (exact) mass is 375 g/mol. The second kappa shape index (κ2) is 7.38. The fourth-order valence-electron chi connectivity index (χ4n) is 2.76. The van der Waals surface area contributed by atoms with E-state index >= 15 is 0 Å². The molecule has 138 valence electrons. The molecule has 8 nitrogen and oxygen atoms in total. The molecule has 3 aromatic heterocycles. The second-order valence-electron chi connectivity index (χ2n) is 6.00. The molecular formula is C17H21N5O3S. The number of aromatic nitrogens is 4. The maximum absolute atomic E-state index is 13.0. The molecule has 9 heteroatoms. The first-order valence-corrected chi connectivity index (χ1v) is 8.82. The van der Waals surface area contributed by atoms with Crippen LogP contribution in [0.15, 0.2) is 12.4 Å². The standard InChI is InChI=1S/C17H21N5O3S/c1-10-13-15(25-5)19-12(9-24-4)20-16(13)26-14(10)17(23)21(2)7-11-6-18-22(3)8-11/h6,8H,7,9H2,1-5H3. The van der Waals surface area contributed by atoms with Crippen LogP contribution in [0.4, 0.5) is 0 Å². The van der Waals surface area contributed by atoms with Gasteiger partial charge in [-0.25, -0.2) is 4.98 Å². The Labute approximate surface area is 155 Å². The molecule has 0 atom stereocenters. The van der Waals surface area contributed by atoms with Crippen molar-refractivity contribution in [3.8, 4) is 5.88 Å². The number of nitrogens with zero attached hydrogens (tertiary/aromatic N) is 5. The summed E-state index contributed by atoms with van der Waals surface area (Å²) in [7, 11) is 6.77. The number of carbonyl (C=O) groups is 1. The van der Waals surface area contributed by atoms with E-state index < -0.39 is 0 Å². The van der Waals surface area contributed by atoms with Gasteiger partial charge in [-0.2, -0.15) is 10.1 Å². The van der Waals surface area contributed by atoms with Gasteiger partial charge in [-0.1, -0.05) is 0 Å². The fourth-order valence-corrected chi connectivity index (χ4v) is 3.95. The summed E-state index contributed by atoms with van der Waals surface area (Å²) in [6, 6.07) is 0. The van der Waals surface area contributed by atoms with Gasteiger partial charge >= 0.3 is 0 Å². The zero-order chi connectivity index (χ0) is 18.8. The quantitative estimate of drug-likeness (QED) is 0.657. The van der Waals surface area contributed by atoms with Crippen LogP contribution >= 0.6 is 11.3 Å². The molecule has 26 heavy (non-hydrogen) atoms. The van der Waals surface area contributed by atoms with Crippen LogP contribution in [0.2, 0.25) is 0 Å². The molecule has 0 saturated heterocycles. The van der Waals surface area contributed by atoms with Crippen molar-refractivity contribution in [2.75, 3.05) is 21.3 Å². The first kappa shape index (κ1) is 18.3. The van der Waals surface area contributed by atoms with E-state index in [0.29, 0.717) is 23.1 Å². The van der Waals surface area contributed by atoms with Gasteiger partial charge in [-0.15, -0.1) is 11.3 Å². The number of aryl methyl sites for hydroxylation is 2. The Balaban J connectivity index is 1.96. The van der Waals surface area contributed by atoms with E-state index in [4.69, 9.17) is 9.47 Å². The topological polar surface area (TPSA) is 82.4 Å². The smallest absolute Gasteiger partial charge is 0.264 e. The van der Waals surface area contributed by atoms with Crippen molar-refractivity contribution in [2.45, 2.75) is 20.1 Å².